The van der Waals surface area contributed by atoms with Gasteiger partial charge in [0.1, 0.15) is 35.4 Å². The molecule has 0 radical (unpaired) electrons. The minimum Gasteiger partial charge on any atom is -0.338 e. The van der Waals surface area contributed by atoms with Gasteiger partial charge in [0.05, 0.1) is 50.3 Å². The van der Waals surface area contributed by atoms with Gasteiger partial charge in [-0.05, 0) is 37.1 Å². The van der Waals surface area contributed by atoms with Crippen molar-refractivity contribution in [3.05, 3.63) is 33.0 Å². The predicted octanol–water partition coefficient (Wildman–Crippen LogP) is 9.76. The van der Waals surface area contributed by atoms with Crippen LogP contribution in [0.25, 0.3) is 62.4 Å². The Morgan fingerprint density at radius 2 is 1.00 bits per heavy atom. The molecule has 6 aromatic heterocycles. The van der Waals surface area contributed by atoms with Gasteiger partial charge in [0, 0.05) is 22.8 Å². The van der Waals surface area contributed by atoms with Crippen molar-refractivity contribution in [1.29, 1.82) is 21.0 Å². The van der Waals surface area contributed by atoms with Crippen LogP contribution < -0.4 is 0 Å². The number of fused-ring (bicyclic) bond motifs is 9. The maximum atomic E-state index is 9.27. The van der Waals surface area contributed by atoms with E-state index in [2.05, 4.69) is 35.1 Å². The SMILES string of the molecule is CCCCn1c2cc(C=C(C#N)C#N)sc2c2sc3c(sc4c5sc(C=C(C#N)C#N)cc5n(CCCC)c43)c21. The Morgan fingerprint density at radius 3 is 1.35 bits per heavy atom. The third-order valence-electron chi connectivity index (χ3n) is 7.00. The van der Waals surface area contributed by atoms with Gasteiger partial charge >= 0.3 is 0 Å². The van der Waals surface area contributed by atoms with Crippen LogP contribution in [0.5, 0.6) is 0 Å². The summed E-state index contributed by atoms with van der Waals surface area (Å²) < 4.78 is 12.5. The highest BCUT2D eigenvalue weighted by atomic mass is 32.1. The molecule has 0 aliphatic rings. The molecule has 196 valence electrons. The van der Waals surface area contributed by atoms with Gasteiger partial charge in [-0.25, -0.2) is 0 Å². The Bertz CT molecular complexity index is 2000. The van der Waals surface area contributed by atoms with Crippen LogP contribution in [0.15, 0.2) is 23.3 Å². The standard InChI is InChI=1S/C30H22N6S4/c1-3-5-7-35-21-11-19(9-17(13-31)14-32)37-25(21)27-23(35)29-30(39-27)24-28(40-29)26-22(36(24)8-6-4-2)12-20(38-26)10-18(15-33)16-34/h9-12H,3-8H2,1-2H3. The minimum absolute atomic E-state index is 0.119. The van der Waals surface area contributed by atoms with Crippen molar-refractivity contribution < 1.29 is 0 Å². The van der Waals surface area contributed by atoms with Crippen LogP contribution in [0, 0.1) is 45.3 Å². The molecule has 0 bridgehead atoms. The smallest absolute Gasteiger partial charge is 0.131 e. The summed E-state index contributed by atoms with van der Waals surface area (Å²) in [5.74, 6) is 0. The second kappa shape index (κ2) is 10.6. The first kappa shape index (κ1) is 26.3. The highest BCUT2D eigenvalue weighted by molar-refractivity contribution is 7.40. The summed E-state index contributed by atoms with van der Waals surface area (Å²) >= 11 is 7.00. The fourth-order valence-electron chi connectivity index (χ4n) is 5.18. The number of thiophene rings is 4. The Balaban J connectivity index is 1.65. The van der Waals surface area contributed by atoms with E-state index >= 15 is 0 Å². The molecular weight excluding hydrogens is 573 g/mol. The fourth-order valence-corrected chi connectivity index (χ4v) is 10.6. The average molecular weight is 595 g/mol. The molecule has 0 saturated heterocycles. The normalized spacial score (nSPS) is 11.2. The van der Waals surface area contributed by atoms with Gasteiger partial charge in [-0.2, -0.15) is 21.0 Å². The zero-order valence-corrected chi connectivity index (χ0v) is 25.1. The minimum atomic E-state index is 0.119. The van der Waals surface area contributed by atoms with E-state index in [1.807, 2.05) is 47.0 Å². The van der Waals surface area contributed by atoms with Crippen molar-refractivity contribution in [2.45, 2.75) is 52.6 Å². The van der Waals surface area contributed by atoms with Crippen LogP contribution >= 0.6 is 45.3 Å². The molecule has 10 heteroatoms. The van der Waals surface area contributed by atoms with Gasteiger partial charge in [-0.15, -0.1) is 45.3 Å². The Labute approximate surface area is 246 Å². The van der Waals surface area contributed by atoms with Crippen molar-refractivity contribution in [3.63, 3.8) is 0 Å². The fraction of sp³-hybridized carbons (Fsp3) is 0.267. The molecule has 0 atom stereocenters. The molecule has 0 N–H and O–H groups in total. The first-order chi connectivity index (χ1) is 19.6. The number of nitrogens with zero attached hydrogens (tertiary/aromatic N) is 6. The Morgan fingerprint density at radius 1 is 0.625 bits per heavy atom. The van der Waals surface area contributed by atoms with Crippen LogP contribution in [0.2, 0.25) is 0 Å². The number of allylic oxidation sites excluding steroid dienone is 2. The molecule has 40 heavy (non-hydrogen) atoms. The number of hydrogen-bond donors (Lipinski definition) is 0. The van der Waals surface area contributed by atoms with Crippen molar-refractivity contribution in [3.8, 4) is 24.3 Å². The van der Waals surface area contributed by atoms with E-state index in [0.717, 1.165) is 48.5 Å². The van der Waals surface area contributed by atoms with E-state index in [0.29, 0.717) is 0 Å². The summed E-state index contributed by atoms with van der Waals surface area (Å²) in [5.41, 5.74) is 5.15. The second-order valence-corrected chi connectivity index (χ2v) is 13.7. The van der Waals surface area contributed by atoms with E-state index in [4.69, 9.17) is 0 Å². The summed E-state index contributed by atoms with van der Waals surface area (Å²) in [6.45, 7) is 6.24. The number of hydrogen-bond acceptors (Lipinski definition) is 8. The highest BCUT2D eigenvalue weighted by Gasteiger charge is 2.26. The molecule has 0 amide bonds. The van der Waals surface area contributed by atoms with Crippen LogP contribution in [-0.2, 0) is 13.1 Å². The number of aromatic nitrogens is 2. The van der Waals surface area contributed by atoms with Gasteiger partial charge in [0.15, 0.2) is 0 Å². The molecule has 0 saturated carbocycles. The molecule has 0 fully saturated rings. The third-order valence-corrected chi connectivity index (χ3v) is 12.0. The first-order valence-corrected chi connectivity index (χ1v) is 16.3. The molecule has 0 aliphatic carbocycles. The van der Waals surface area contributed by atoms with Crippen LogP contribution in [0.4, 0.5) is 0 Å². The molecule has 0 spiro atoms. The topological polar surface area (TPSA) is 105 Å². The number of unbranched alkanes of at least 4 members (excludes halogenated alkanes) is 2. The van der Waals surface area contributed by atoms with Gasteiger partial charge < -0.3 is 9.13 Å². The van der Waals surface area contributed by atoms with E-state index in [1.165, 1.54) is 50.3 Å². The highest BCUT2D eigenvalue weighted by Crippen LogP contribution is 2.52. The van der Waals surface area contributed by atoms with E-state index in [9.17, 15) is 21.0 Å². The van der Waals surface area contributed by atoms with E-state index in [1.54, 1.807) is 34.8 Å². The maximum Gasteiger partial charge on any atom is 0.131 e. The summed E-state index contributed by atoms with van der Waals surface area (Å²) in [5, 5.41) is 37.1. The maximum absolute atomic E-state index is 9.27. The monoisotopic (exact) mass is 594 g/mol. The molecular formula is C30H22N6S4. The summed E-state index contributed by atoms with van der Waals surface area (Å²) in [6.07, 6.45) is 7.69. The molecule has 0 unspecified atom stereocenters. The van der Waals surface area contributed by atoms with Crippen molar-refractivity contribution in [1.82, 2.24) is 9.13 Å². The van der Waals surface area contributed by atoms with Gasteiger partial charge in [-0.3, -0.25) is 0 Å². The molecule has 6 rings (SSSR count). The number of rotatable bonds is 8. The quantitative estimate of drug-likeness (QED) is 0.164. The van der Waals surface area contributed by atoms with Gasteiger partial charge in [0.25, 0.3) is 0 Å². The molecule has 0 aromatic carbocycles. The lowest BCUT2D eigenvalue weighted by atomic mass is 10.2. The summed E-state index contributed by atoms with van der Waals surface area (Å²) in [6, 6.07) is 12.2. The van der Waals surface area contributed by atoms with Gasteiger partial charge in [-0.1, -0.05) is 26.7 Å². The second-order valence-electron chi connectivity index (χ2n) is 9.52. The zero-order chi connectivity index (χ0) is 28.0. The van der Waals surface area contributed by atoms with Crippen molar-refractivity contribution >= 4 is 108 Å². The summed E-state index contributed by atoms with van der Waals surface area (Å²) in [7, 11) is 0. The Hall–Kier alpha value is -3.90. The van der Waals surface area contributed by atoms with E-state index in [-0.39, 0.29) is 11.1 Å². The molecule has 6 heterocycles. The van der Waals surface area contributed by atoms with E-state index < -0.39 is 0 Å². The Kier molecular flexibility index (Phi) is 6.97. The van der Waals surface area contributed by atoms with Crippen molar-refractivity contribution in [2.24, 2.45) is 0 Å². The van der Waals surface area contributed by atoms with Crippen LogP contribution in [0.1, 0.15) is 49.3 Å². The van der Waals surface area contributed by atoms with Crippen LogP contribution in [-0.4, -0.2) is 9.13 Å². The number of nitriles is 4. The predicted molar refractivity (Wildman–Crippen MR) is 170 cm³/mol. The third kappa shape index (κ3) is 4.05. The molecule has 6 aromatic rings. The van der Waals surface area contributed by atoms with Crippen LogP contribution in [0.3, 0.4) is 0 Å². The molecule has 6 nitrogen and oxygen atoms in total. The van der Waals surface area contributed by atoms with Crippen molar-refractivity contribution in [2.75, 3.05) is 0 Å². The lowest BCUT2D eigenvalue weighted by Gasteiger charge is -2.05. The summed E-state index contributed by atoms with van der Waals surface area (Å²) in [4.78, 5) is 1.86. The first-order valence-electron chi connectivity index (χ1n) is 13.0. The zero-order valence-electron chi connectivity index (χ0n) is 21.9. The largest absolute Gasteiger partial charge is 0.338 e. The molecule has 0 aliphatic heterocycles. The lowest BCUT2D eigenvalue weighted by molar-refractivity contribution is 0.666. The number of aryl methyl sites for hydroxylation is 2. The lowest BCUT2D eigenvalue weighted by Crippen LogP contribution is -1.96. The van der Waals surface area contributed by atoms with Gasteiger partial charge in [0.2, 0.25) is 0 Å². The average Bonchev–Trinajstić information content (AvgIpc) is 3.77.